The summed E-state index contributed by atoms with van der Waals surface area (Å²) in [6, 6.07) is 0. The lowest BCUT2D eigenvalue weighted by atomic mass is 9.99. The Labute approximate surface area is 64.2 Å². The van der Waals surface area contributed by atoms with Crippen molar-refractivity contribution in [1.29, 1.82) is 0 Å². The molecular formula is C7H9NO3. The molecule has 11 heavy (non-hydrogen) atoms. The van der Waals surface area contributed by atoms with Crippen LogP contribution in [0.4, 0.5) is 0 Å². The van der Waals surface area contributed by atoms with Gasteiger partial charge in [-0.15, -0.1) is 0 Å². The summed E-state index contributed by atoms with van der Waals surface area (Å²) < 4.78 is 4.80. The summed E-state index contributed by atoms with van der Waals surface area (Å²) in [5.41, 5.74) is 0.469. The molecule has 0 spiro atoms. The predicted molar refractivity (Wildman–Crippen MR) is 37.0 cm³/mol. The Morgan fingerprint density at radius 2 is 2.55 bits per heavy atom. The van der Waals surface area contributed by atoms with Crippen LogP contribution in [0.1, 0.15) is 13.3 Å². The number of hydrogen-bond donors (Lipinski definition) is 0. The van der Waals surface area contributed by atoms with Gasteiger partial charge in [-0.1, -0.05) is 12.1 Å². The van der Waals surface area contributed by atoms with E-state index < -0.39 is 0 Å². The van der Waals surface area contributed by atoms with Crippen molar-refractivity contribution in [3.8, 4) is 0 Å². The first-order valence-electron chi connectivity index (χ1n) is 3.73. The third-order valence-electron chi connectivity index (χ3n) is 2.09. The molecule has 0 radical (unpaired) electrons. The van der Waals surface area contributed by atoms with Crippen LogP contribution in [0.3, 0.4) is 0 Å². The Hall–Kier alpha value is -1.06. The van der Waals surface area contributed by atoms with Crippen molar-refractivity contribution >= 4 is 11.7 Å². The van der Waals surface area contributed by atoms with Gasteiger partial charge in [-0.25, -0.2) is 4.79 Å². The van der Waals surface area contributed by atoms with Gasteiger partial charge >= 0.3 is 5.97 Å². The number of oxime groups is 1. The number of carbonyl (C=O) groups is 1. The largest absolute Gasteiger partial charge is 0.460 e. The molecule has 2 atom stereocenters. The molecule has 4 heteroatoms. The van der Waals surface area contributed by atoms with Gasteiger partial charge in [0, 0.05) is 0 Å². The van der Waals surface area contributed by atoms with E-state index in [1.54, 1.807) is 0 Å². The van der Waals surface area contributed by atoms with E-state index in [1.807, 2.05) is 6.92 Å². The van der Waals surface area contributed by atoms with Gasteiger partial charge in [-0.05, 0) is 6.42 Å². The number of esters is 1. The fourth-order valence-corrected chi connectivity index (χ4v) is 1.42. The van der Waals surface area contributed by atoms with Gasteiger partial charge in [0.15, 0.2) is 5.71 Å². The first-order chi connectivity index (χ1) is 5.33. The average molecular weight is 155 g/mol. The van der Waals surface area contributed by atoms with Crippen LogP contribution in [0, 0.1) is 5.92 Å². The summed E-state index contributed by atoms with van der Waals surface area (Å²) in [6.07, 6.45) is 0.922. The Balaban J connectivity index is 2.19. The second-order valence-corrected chi connectivity index (χ2v) is 2.73. The van der Waals surface area contributed by atoms with Crippen LogP contribution >= 0.6 is 0 Å². The summed E-state index contributed by atoms with van der Waals surface area (Å²) in [4.78, 5) is 15.9. The second kappa shape index (κ2) is 2.22. The quantitative estimate of drug-likeness (QED) is 0.512. The molecule has 1 saturated heterocycles. The topological polar surface area (TPSA) is 47.9 Å². The van der Waals surface area contributed by atoms with Gasteiger partial charge in [0.05, 0.1) is 5.92 Å². The minimum Gasteiger partial charge on any atom is -0.460 e. The highest BCUT2D eigenvalue weighted by molar-refractivity contribution is 6.39. The molecule has 0 aromatic rings. The number of ether oxygens (including phenoxy) is 1. The average Bonchev–Trinajstić information content (AvgIpc) is 2.53. The number of fused-ring (bicyclic) bond motifs is 1. The molecule has 60 valence electrons. The molecule has 2 heterocycles. The summed E-state index contributed by atoms with van der Waals surface area (Å²) in [5.74, 6) is -0.224. The maximum Gasteiger partial charge on any atom is 0.356 e. The van der Waals surface area contributed by atoms with Gasteiger partial charge in [-0.3, -0.25) is 0 Å². The molecule has 0 amide bonds. The molecule has 0 aromatic carbocycles. The minimum atomic E-state index is -0.314. The third-order valence-corrected chi connectivity index (χ3v) is 2.09. The molecule has 0 saturated carbocycles. The Bertz CT molecular complexity index is 224. The van der Waals surface area contributed by atoms with E-state index in [0.29, 0.717) is 12.3 Å². The molecule has 0 unspecified atom stereocenters. The number of cyclic esters (lactones) is 1. The van der Waals surface area contributed by atoms with Crippen molar-refractivity contribution < 1.29 is 14.4 Å². The number of nitrogens with zero attached hydrogens (tertiary/aromatic N) is 1. The molecular weight excluding hydrogens is 146 g/mol. The fourth-order valence-electron chi connectivity index (χ4n) is 1.42. The minimum absolute atomic E-state index is 0.0523. The normalized spacial score (nSPS) is 34.3. The van der Waals surface area contributed by atoms with E-state index in [-0.39, 0.29) is 18.0 Å². The second-order valence-electron chi connectivity index (χ2n) is 2.73. The number of rotatable bonds is 1. The molecule has 0 aromatic heterocycles. The van der Waals surface area contributed by atoms with Crippen LogP contribution in [-0.2, 0) is 14.4 Å². The van der Waals surface area contributed by atoms with Crippen LogP contribution in [0.5, 0.6) is 0 Å². The molecule has 0 bridgehead atoms. The van der Waals surface area contributed by atoms with Crippen LogP contribution in [-0.4, -0.2) is 24.4 Å². The monoisotopic (exact) mass is 155 g/mol. The molecule has 1 fully saturated rings. The zero-order valence-corrected chi connectivity index (χ0v) is 6.24. The van der Waals surface area contributed by atoms with Crippen molar-refractivity contribution in [3.05, 3.63) is 0 Å². The maximum atomic E-state index is 10.9. The van der Waals surface area contributed by atoms with Crippen LogP contribution in [0.15, 0.2) is 5.16 Å². The van der Waals surface area contributed by atoms with Crippen molar-refractivity contribution in [3.63, 3.8) is 0 Å². The highest BCUT2D eigenvalue weighted by Crippen LogP contribution is 2.26. The van der Waals surface area contributed by atoms with Crippen molar-refractivity contribution in [2.45, 2.75) is 19.4 Å². The highest BCUT2D eigenvalue weighted by Gasteiger charge is 2.43. The standard InChI is InChI=1S/C7H9NO3/c1-2-5-4-3-10-7(9)6(4)8-11-5/h4-5H,2-3H2,1H3/t4-,5+/m0/s1. The Kier molecular flexibility index (Phi) is 1.34. The van der Waals surface area contributed by atoms with Gasteiger partial charge < -0.3 is 9.57 Å². The van der Waals surface area contributed by atoms with E-state index in [4.69, 9.17) is 9.57 Å². The van der Waals surface area contributed by atoms with Crippen LogP contribution in [0.25, 0.3) is 0 Å². The van der Waals surface area contributed by atoms with E-state index in [0.717, 1.165) is 6.42 Å². The lowest BCUT2D eigenvalue weighted by molar-refractivity contribution is -0.134. The van der Waals surface area contributed by atoms with Gasteiger partial charge in [0.1, 0.15) is 12.7 Å². The molecule has 0 N–H and O–H groups in total. The molecule has 2 aliphatic heterocycles. The van der Waals surface area contributed by atoms with E-state index >= 15 is 0 Å². The van der Waals surface area contributed by atoms with Crippen LogP contribution in [0.2, 0.25) is 0 Å². The smallest absolute Gasteiger partial charge is 0.356 e. The van der Waals surface area contributed by atoms with Gasteiger partial charge in [-0.2, -0.15) is 0 Å². The first kappa shape index (κ1) is 6.64. The zero-order valence-electron chi connectivity index (χ0n) is 6.24. The summed E-state index contributed by atoms with van der Waals surface area (Å²) in [6.45, 7) is 2.45. The van der Waals surface area contributed by atoms with Crippen molar-refractivity contribution in [2.24, 2.45) is 11.1 Å². The maximum absolute atomic E-state index is 10.9. The third kappa shape index (κ3) is 0.818. The molecule has 2 aliphatic rings. The molecule has 0 aliphatic carbocycles. The van der Waals surface area contributed by atoms with Gasteiger partial charge in [0.25, 0.3) is 0 Å². The van der Waals surface area contributed by atoms with Crippen molar-refractivity contribution in [2.75, 3.05) is 6.61 Å². The number of carbonyl (C=O) groups excluding carboxylic acids is 1. The van der Waals surface area contributed by atoms with E-state index in [2.05, 4.69) is 5.16 Å². The lowest BCUT2D eigenvalue weighted by Crippen LogP contribution is -2.22. The first-order valence-corrected chi connectivity index (χ1v) is 3.73. The molecule has 4 nitrogen and oxygen atoms in total. The predicted octanol–water partition coefficient (Wildman–Crippen LogP) is 0.324. The molecule has 2 rings (SSSR count). The lowest BCUT2D eigenvalue weighted by Gasteiger charge is -2.08. The fraction of sp³-hybridized carbons (Fsp3) is 0.714. The van der Waals surface area contributed by atoms with E-state index in [9.17, 15) is 4.79 Å². The Morgan fingerprint density at radius 1 is 1.73 bits per heavy atom. The van der Waals surface area contributed by atoms with Gasteiger partial charge in [0.2, 0.25) is 0 Å². The number of hydrogen-bond acceptors (Lipinski definition) is 4. The van der Waals surface area contributed by atoms with Crippen LogP contribution < -0.4 is 0 Å². The SMILES string of the molecule is CC[C@H]1ON=C2C(=O)OC[C@H]21. The Morgan fingerprint density at radius 3 is 3.27 bits per heavy atom. The van der Waals surface area contributed by atoms with Crippen molar-refractivity contribution in [1.82, 2.24) is 0 Å². The zero-order chi connectivity index (χ0) is 7.84. The van der Waals surface area contributed by atoms with E-state index in [1.165, 1.54) is 0 Å². The highest BCUT2D eigenvalue weighted by atomic mass is 16.7. The summed E-state index contributed by atoms with van der Waals surface area (Å²) in [5, 5.41) is 3.67. The summed E-state index contributed by atoms with van der Waals surface area (Å²) in [7, 11) is 0. The summed E-state index contributed by atoms with van der Waals surface area (Å²) >= 11 is 0.